The van der Waals surface area contributed by atoms with Crippen LogP contribution in [-0.2, 0) is 13.7 Å². The van der Waals surface area contributed by atoms with Crippen molar-refractivity contribution in [3.63, 3.8) is 0 Å². The molecule has 15 N–H and O–H groups in total. The van der Waals surface area contributed by atoms with Crippen molar-refractivity contribution in [3.05, 3.63) is 6.07 Å². The van der Waals surface area contributed by atoms with Crippen LogP contribution in [0.25, 0.3) is 0 Å². The fraction of sp³-hybridized carbons (Fsp3) is 0. The molecule has 0 saturated carbocycles. The van der Waals surface area contributed by atoms with Crippen molar-refractivity contribution in [1.29, 1.82) is 0 Å². The molecule has 0 aromatic carbocycles. The molecule has 120 valence electrons. The fourth-order valence-electron chi connectivity index (χ4n) is 1.13. The number of rotatable bonds is 6. The van der Waals surface area contributed by atoms with Crippen LogP contribution in [0, 0.1) is 0 Å². The Morgan fingerprint density at radius 3 is 1.33 bits per heavy atom. The van der Waals surface area contributed by atoms with Crippen molar-refractivity contribution in [2.24, 2.45) is 33.0 Å². The predicted molar refractivity (Wildman–Crippen MR) is 80.8 cm³/mol. The molecule has 0 saturated heterocycles. The van der Waals surface area contributed by atoms with E-state index in [1.165, 1.54) is 0 Å². The Labute approximate surface area is 119 Å². The van der Waals surface area contributed by atoms with Crippen molar-refractivity contribution in [2.75, 3.05) is 15.3 Å². The summed E-state index contributed by atoms with van der Waals surface area (Å²) in [6.07, 6.45) is 0. The molecule has 0 spiro atoms. The zero-order valence-corrected chi connectivity index (χ0v) is 13.2. The van der Waals surface area contributed by atoms with E-state index in [4.69, 9.17) is 33.0 Å². The highest BCUT2D eigenvalue weighted by Crippen LogP contribution is 2.33. The third-order valence-electron chi connectivity index (χ3n) is 1.58. The molecule has 21 heavy (non-hydrogen) atoms. The van der Waals surface area contributed by atoms with Crippen LogP contribution < -0.4 is 48.3 Å². The first-order valence-corrected chi connectivity index (χ1v) is 10.5. The van der Waals surface area contributed by atoms with E-state index in [-0.39, 0.29) is 17.6 Å². The second kappa shape index (κ2) is 5.97. The number of anilines is 3. The fourth-order valence-corrected chi connectivity index (χ4v) is 2.48. The van der Waals surface area contributed by atoms with Gasteiger partial charge in [-0.05, 0) is 0 Å². The summed E-state index contributed by atoms with van der Waals surface area (Å²) in [6.45, 7) is 0. The minimum absolute atomic E-state index is 0.162. The maximum atomic E-state index is 11.3. The second-order valence-corrected chi connectivity index (χ2v) is 8.85. The highest BCUT2D eigenvalue weighted by atomic mass is 31.2. The lowest BCUT2D eigenvalue weighted by Gasteiger charge is -2.15. The Hall–Kier alpha value is -1.07. The zero-order valence-electron chi connectivity index (χ0n) is 10.5. The summed E-state index contributed by atoms with van der Waals surface area (Å²) < 4.78 is 33.9. The molecule has 0 fully saturated rings. The van der Waals surface area contributed by atoms with Crippen LogP contribution >= 0.6 is 22.8 Å². The number of nitrogens with zero attached hydrogens (tertiary/aromatic N) is 2. The molecular formula is C4H16N11O3P3. The maximum Gasteiger partial charge on any atom is 0.300 e. The standard InChI is InChI=1S/C4H16N11O3P3/c5-19(6,16)13-2-1-3(14-20(7,8)17)12-4(11-2)15-21(9,10)18/h1H,(H15,5,6,7,8,9,10,11,12,13,14,15,16,17,18). The number of hydrogen-bond donors (Lipinski definition) is 9. The smallest absolute Gasteiger partial charge is 0.297 e. The Morgan fingerprint density at radius 2 is 1.05 bits per heavy atom. The summed E-state index contributed by atoms with van der Waals surface area (Å²) in [4.78, 5) is 7.45. The molecule has 1 aromatic rings. The van der Waals surface area contributed by atoms with Crippen molar-refractivity contribution >= 4 is 40.4 Å². The molecule has 0 bridgehead atoms. The lowest BCUT2D eigenvalue weighted by atomic mass is 10.5. The van der Waals surface area contributed by atoms with Crippen LogP contribution in [-0.4, -0.2) is 9.97 Å². The van der Waals surface area contributed by atoms with Crippen LogP contribution in [0.2, 0.25) is 0 Å². The van der Waals surface area contributed by atoms with Gasteiger partial charge in [0.2, 0.25) is 5.95 Å². The average Bonchev–Trinajstić information content (AvgIpc) is 2.06. The monoisotopic (exact) mass is 359 g/mol. The first-order chi connectivity index (χ1) is 9.23. The largest absolute Gasteiger partial charge is 0.300 e. The van der Waals surface area contributed by atoms with Gasteiger partial charge in [0.25, 0.3) is 22.8 Å². The summed E-state index contributed by atoms with van der Waals surface area (Å²) in [5.41, 5.74) is 30.8. The lowest BCUT2D eigenvalue weighted by molar-refractivity contribution is 0.579. The minimum Gasteiger partial charge on any atom is -0.297 e. The van der Waals surface area contributed by atoms with Gasteiger partial charge in [-0.3, -0.25) is 62.0 Å². The van der Waals surface area contributed by atoms with E-state index in [9.17, 15) is 13.7 Å². The molecule has 0 unspecified atom stereocenters. The Kier molecular flexibility index (Phi) is 5.11. The van der Waals surface area contributed by atoms with Crippen molar-refractivity contribution in [3.8, 4) is 0 Å². The number of hydrogen-bond acceptors (Lipinski definition) is 5. The van der Waals surface area contributed by atoms with Crippen molar-refractivity contribution < 1.29 is 13.7 Å². The van der Waals surface area contributed by atoms with Gasteiger partial charge in [-0.1, -0.05) is 0 Å². The molecule has 14 nitrogen and oxygen atoms in total. The number of aromatic nitrogens is 2. The number of nitrogens with two attached hydrogens (primary N) is 6. The quantitative estimate of drug-likeness (QED) is 0.270. The van der Waals surface area contributed by atoms with Crippen LogP contribution in [0.3, 0.4) is 0 Å². The van der Waals surface area contributed by atoms with E-state index < -0.39 is 22.8 Å². The molecule has 0 aliphatic carbocycles. The molecule has 0 aliphatic heterocycles. The zero-order chi connectivity index (χ0) is 16.5. The molecule has 1 rings (SSSR count). The minimum atomic E-state index is -3.72. The molecule has 0 amide bonds. The van der Waals surface area contributed by atoms with Gasteiger partial charge in [0.05, 0.1) is 0 Å². The summed E-state index contributed by atoms with van der Waals surface area (Å²) in [5, 5.41) is 6.44. The van der Waals surface area contributed by atoms with Gasteiger partial charge in [-0.2, -0.15) is 9.97 Å². The Balaban J connectivity index is 3.22. The highest BCUT2D eigenvalue weighted by Gasteiger charge is 2.17. The normalized spacial score (nSPS) is 12.9. The second-order valence-electron chi connectivity index (χ2n) is 3.93. The van der Waals surface area contributed by atoms with Gasteiger partial charge in [0, 0.05) is 6.07 Å². The summed E-state index contributed by atoms with van der Waals surface area (Å²) in [5.74, 6) is -0.673. The molecule has 0 radical (unpaired) electrons. The summed E-state index contributed by atoms with van der Waals surface area (Å²) in [7, 11) is -11.1. The van der Waals surface area contributed by atoms with Crippen LogP contribution in [0.15, 0.2) is 6.07 Å². The van der Waals surface area contributed by atoms with Gasteiger partial charge in [0.15, 0.2) is 0 Å². The van der Waals surface area contributed by atoms with E-state index in [1.807, 2.05) is 0 Å². The third-order valence-corrected chi connectivity index (χ3v) is 3.29. The van der Waals surface area contributed by atoms with Gasteiger partial charge in [-0.25, -0.2) is 0 Å². The lowest BCUT2D eigenvalue weighted by Crippen LogP contribution is -2.19. The Morgan fingerprint density at radius 1 is 0.714 bits per heavy atom. The van der Waals surface area contributed by atoms with Gasteiger partial charge in [-0.15, -0.1) is 0 Å². The van der Waals surface area contributed by atoms with Gasteiger partial charge < -0.3 is 0 Å². The first-order valence-electron chi connectivity index (χ1n) is 4.99. The van der Waals surface area contributed by atoms with Crippen LogP contribution in [0.5, 0.6) is 0 Å². The van der Waals surface area contributed by atoms with Crippen molar-refractivity contribution in [2.45, 2.75) is 0 Å². The van der Waals surface area contributed by atoms with Crippen molar-refractivity contribution in [1.82, 2.24) is 9.97 Å². The molecule has 1 heterocycles. The molecule has 0 aliphatic rings. The van der Waals surface area contributed by atoms with Gasteiger partial charge in [0.1, 0.15) is 11.6 Å². The van der Waals surface area contributed by atoms with Gasteiger partial charge >= 0.3 is 0 Å². The average molecular weight is 359 g/mol. The summed E-state index contributed by atoms with van der Waals surface area (Å²) >= 11 is 0. The molecule has 0 atom stereocenters. The number of nitrogens with one attached hydrogen (secondary N) is 3. The van der Waals surface area contributed by atoms with Crippen LogP contribution in [0.1, 0.15) is 0 Å². The Bertz CT molecular complexity index is 556. The summed E-state index contributed by atoms with van der Waals surface area (Å²) in [6, 6.07) is 1.11. The maximum absolute atomic E-state index is 11.3. The molecular weight excluding hydrogens is 343 g/mol. The van der Waals surface area contributed by atoms with E-state index in [0.717, 1.165) is 6.07 Å². The SMILES string of the molecule is NP(N)(=O)Nc1cc(NP(N)(N)=O)nc(NP(N)(N)=O)n1. The van der Waals surface area contributed by atoms with E-state index >= 15 is 0 Å². The highest BCUT2D eigenvalue weighted by molar-refractivity contribution is 7.61. The third kappa shape index (κ3) is 8.07. The van der Waals surface area contributed by atoms with E-state index in [0.29, 0.717) is 0 Å². The topological polar surface area (TPSA) is 269 Å². The first kappa shape index (κ1) is 18.0. The van der Waals surface area contributed by atoms with E-state index in [2.05, 4.69) is 25.2 Å². The molecule has 17 heteroatoms. The molecule has 1 aromatic heterocycles. The predicted octanol–water partition coefficient (Wildman–Crippen LogP) is -1.21. The van der Waals surface area contributed by atoms with Crippen LogP contribution in [0.4, 0.5) is 17.6 Å². The van der Waals surface area contributed by atoms with E-state index in [1.54, 1.807) is 0 Å².